The average molecular weight is 286 g/mol. The van der Waals surface area contributed by atoms with E-state index in [0.29, 0.717) is 0 Å². The van der Waals surface area contributed by atoms with Crippen LogP contribution in [-0.2, 0) is 0 Å². The van der Waals surface area contributed by atoms with Gasteiger partial charge in [0.15, 0.2) is 0 Å². The van der Waals surface area contributed by atoms with Gasteiger partial charge in [0.05, 0.1) is 19.8 Å². The highest BCUT2D eigenvalue weighted by molar-refractivity contribution is 5.85. The zero-order chi connectivity index (χ0) is 13.2. The van der Waals surface area contributed by atoms with Crippen LogP contribution in [0.2, 0.25) is 0 Å². The minimum atomic E-state index is -4.55. The van der Waals surface area contributed by atoms with E-state index in [1.807, 2.05) is 0 Å². The molecule has 0 aliphatic carbocycles. The first kappa shape index (κ1) is 16.9. The van der Waals surface area contributed by atoms with Crippen LogP contribution >= 0.6 is 12.4 Å². The van der Waals surface area contributed by atoms with E-state index in [1.165, 1.54) is 26.4 Å². The van der Waals surface area contributed by atoms with Gasteiger partial charge in [-0.25, -0.2) is 0 Å². The van der Waals surface area contributed by atoms with Crippen molar-refractivity contribution in [2.45, 2.75) is 19.1 Å². The lowest BCUT2D eigenvalue weighted by Gasteiger charge is -2.21. The molecule has 1 rings (SSSR count). The molecule has 18 heavy (non-hydrogen) atoms. The van der Waals surface area contributed by atoms with E-state index in [1.54, 1.807) is 6.92 Å². The number of hydrogen-bond acceptors (Lipinski definition) is 3. The van der Waals surface area contributed by atoms with Crippen LogP contribution in [0.25, 0.3) is 0 Å². The van der Waals surface area contributed by atoms with Crippen molar-refractivity contribution in [1.29, 1.82) is 0 Å². The molecule has 0 aliphatic heterocycles. The summed E-state index contributed by atoms with van der Waals surface area (Å²) >= 11 is 0. The number of nitrogens with two attached hydrogens (primary N) is 1. The van der Waals surface area contributed by atoms with E-state index in [0.717, 1.165) is 5.56 Å². The lowest BCUT2D eigenvalue weighted by Crippen LogP contribution is -2.29. The van der Waals surface area contributed by atoms with E-state index in [2.05, 4.69) is 0 Å². The van der Waals surface area contributed by atoms with Crippen molar-refractivity contribution in [1.82, 2.24) is 0 Å². The smallest absolute Gasteiger partial charge is 0.407 e. The molecule has 0 aliphatic rings. The van der Waals surface area contributed by atoms with Crippen molar-refractivity contribution in [2.75, 3.05) is 14.2 Å². The van der Waals surface area contributed by atoms with Crippen molar-refractivity contribution in [3.8, 4) is 11.5 Å². The number of methoxy groups -OCH3 is 2. The monoisotopic (exact) mass is 285 g/mol. The lowest BCUT2D eigenvalue weighted by molar-refractivity contribution is -0.149. The fourth-order valence-electron chi connectivity index (χ4n) is 1.54. The minimum Gasteiger partial charge on any atom is -0.496 e. The van der Waals surface area contributed by atoms with Crippen LogP contribution in [0.3, 0.4) is 0 Å². The minimum absolute atomic E-state index is 0. The molecule has 1 aromatic carbocycles. The van der Waals surface area contributed by atoms with Crippen LogP contribution in [0.15, 0.2) is 12.1 Å². The normalized spacial score (nSPS) is 12.6. The van der Waals surface area contributed by atoms with Crippen LogP contribution < -0.4 is 15.2 Å². The maximum Gasteiger partial charge on any atom is 0.407 e. The molecule has 104 valence electrons. The van der Waals surface area contributed by atoms with Crippen molar-refractivity contribution in [2.24, 2.45) is 5.73 Å². The van der Waals surface area contributed by atoms with E-state index in [4.69, 9.17) is 15.2 Å². The van der Waals surface area contributed by atoms with Gasteiger partial charge in [0.1, 0.15) is 17.5 Å². The highest BCUT2D eigenvalue weighted by atomic mass is 35.5. The third kappa shape index (κ3) is 3.43. The standard InChI is InChI=1S/C11H14F3NO2.ClH/c1-6-4-7(16-2)9(8(5-6)17-3)10(15)11(12,13)14;/h4-5,10H,15H2,1-3H3;1H/t10-;/m0./s1. The van der Waals surface area contributed by atoms with Crippen LogP contribution in [-0.4, -0.2) is 20.4 Å². The summed E-state index contributed by atoms with van der Waals surface area (Å²) in [4.78, 5) is 0. The molecule has 2 N–H and O–H groups in total. The van der Waals surface area contributed by atoms with Crippen molar-refractivity contribution in [3.05, 3.63) is 23.3 Å². The lowest BCUT2D eigenvalue weighted by atomic mass is 10.0. The first-order chi connectivity index (χ1) is 7.81. The Hall–Kier alpha value is -1.14. The van der Waals surface area contributed by atoms with Gasteiger partial charge in [0, 0.05) is 0 Å². The van der Waals surface area contributed by atoms with Gasteiger partial charge in [-0.15, -0.1) is 12.4 Å². The second-order valence-electron chi connectivity index (χ2n) is 3.60. The molecule has 1 aromatic rings. The van der Waals surface area contributed by atoms with E-state index >= 15 is 0 Å². The number of aryl methyl sites for hydroxylation is 1. The highest BCUT2D eigenvalue weighted by Crippen LogP contribution is 2.41. The number of halogens is 4. The Morgan fingerprint density at radius 2 is 1.50 bits per heavy atom. The Balaban J connectivity index is 0.00000289. The predicted octanol–water partition coefficient (Wildman–Crippen LogP) is 3.00. The summed E-state index contributed by atoms with van der Waals surface area (Å²) in [6.07, 6.45) is -4.55. The largest absolute Gasteiger partial charge is 0.496 e. The molecular formula is C11H15ClF3NO2. The Morgan fingerprint density at radius 1 is 1.11 bits per heavy atom. The Kier molecular flexibility index (Phi) is 5.76. The highest BCUT2D eigenvalue weighted by Gasteiger charge is 2.41. The molecular weight excluding hydrogens is 271 g/mol. The van der Waals surface area contributed by atoms with Gasteiger partial charge in [0.25, 0.3) is 0 Å². The summed E-state index contributed by atoms with van der Waals surface area (Å²) in [5.41, 5.74) is 5.74. The maximum atomic E-state index is 12.6. The topological polar surface area (TPSA) is 44.5 Å². The Labute approximate surface area is 109 Å². The van der Waals surface area contributed by atoms with Gasteiger partial charge in [0.2, 0.25) is 0 Å². The molecule has 0 spiro atoms. The van der Waals surface area contributed by atoms with Gasteiger partial charge in [-0.05, 0) is 24.6 Å². The number of hydrogen-bond donors (Lipinski definition) is 1. The van der Waals surface area contributed by atoms with Gasteiger partial charge in [-0.2, -0.15) is 13.2 Å². The number of benzene rings is 1. The van der Waals surface area contributed by atoms with E-state index in [-0.39, 0.29) is 29.5 Å². The summed E-state index contributed by atoms with van der Waals surface area (Å²) in [6, 6.07) is 0.848. The second kappa shape index (κ2) is 6.15. The molecule has 0 heterocycles. The molecule has 7 heteroatoms. The average Bonchev–Trinajstić information content (AvgIpc) is 2.25. The zero-order valence-electron chi connectivity index (χ0n) is 10.2. The summed E-state index contributed by atoms with van der Waals surface area (Å²) in [5, 5.41) is 0. The van der Waals surface area contributed by atoms with Gasteiger partial charge in [-0.3, -0.25) is 0 Å². The first-order valence-electron chi connectivity index (χ1n) is 4.86. The molecule has 0 amide bonds. The molecule has 0 fully saturated rings. The SMILES string of the molecule is COc1cc(C)cc(OC)c1[C@H](N)C(F)(F)F.Cl. The molecule has 0 saturated heterocycles. The van der Waals surface area contributed by atoms with Gasteiger partial charge in [-0.1, -0.05) is 0 Å². The molecule has 0 bridgehead atoms. The first-order valence-corrected chi connectivity index (χ1v) is 4.86. The van der Waals surface area contributed by atoms with Gasteiger partial charge >= 0.3 is 6.18 Å². The number of rotatable bonds is 3. The fraction of sp³-hybridized carbons (Fsp3) is 0.455. The zero-order valence-corrected chi connectivity index (χ0v) is 11.0. The van der Waals surface area contributed by atoms with E-state index < -0.39 is 12.2 Å². The van der Waals surface area contributed by atoms with Gasteiger partial charge < -0.3 is 15.2 Å². The fourth-order valence-corrected chi connectivity index (χ4v) is 1.54. The quantitative estimate of drug-likeness (QED) is 0.928. The van der Waals surface area contributed by atoms with E-state index in [9.17, 15) is 13.2 Å². The maximum absolute atomic E-state index is 12.6. The van der Waals surface area contributed by atoms with Crippen molar-refractivity contribution < 1.29 is 22.6 Å². The second-order valence-corrected chi connectivity index (χ2v) is 3.60. The summed E-state index contributed by atoms with van der Waals surface area (Å²) < 4.78 is 47.7. The van der Waals surface area contributed by atoms with Crippen LogP contribution in [0.1, 0.15) is 17.2 Å². The van der Waals surface area contributed by atoms with Crippen LogP contribution in [0.4, 0.5) is 13.2 Å². The third-order valence-electron chi connectivity index (χ3n) is 2.35. The Morgan fingerprint density at radius 3 is 1.78 bits per heavy atom. The van der Waals surface area contributed by atoms with Crippen molar-refractivity contribution >= 4 is 12.4 Å². The summed E-state index contributed by atoms with van der Waals surface area (Å²) in [6.45, 7) is 1.73. The molecule has 0 aromatic heterocycles. The predicted molar refractivity (Wildman–Crippen MR) is 64.5 cm³/mol. The van der Waals surface area contributed by atoms with Crippen molar-refractivity contribution in [3.63, 3.8) is 0 Å². The molecule has 1 atom stereocenters. The molecule has 0 saturated carbocycles. The number of alkyl halides is 3. The third-order valence-corrected chi connectivity index (χ3v) is 2.35. The molecule has 0 unspecified atom stereocenters. The number of ether oxygens (including phenoxy) is 2. The Bertz CT molecular complexity index is 385. The molecule has 0 radical (unpaired) electrons. The summed E-state index contributed by atoms with van der Waals surface area (Å²) in [7, 11) is 2.58. The molecule has 3 nitrogen and oxygen atoms in total. The van der Waals surface area contributed by atoms with Crippen LogP contribution in [0.5, 0.6) is 11.5 Å². The summed E-state index contributed by atoms with van der Waals surface area (Å²) in [5.74, 6) is 0.151. The van der Waals surface area contributed by atoms with Crippen LogP contribution in [0, 0.1) is 6.92 Å².